The van der Waals surface area contributed by atoms with Crippen molar-refractivity contribution in [3.63, 3.8) is 0 Å². The highest BCUT2D eigenvalue weighted by Crippen LogP contribution is 2.21. The van der Waals surface area contributed by atoms with Crippen LogP contribution in [0.25, 0.3) is 0 Å². The van der Waals surface area contributed by atoms with Crippen LogP contribution in [-0.4, -0.2) is 32.0 Å². The molecule has 1 rings (SSSR count). The topological polar surface area (TPSA) is 21.3 Å². The van der Waals surface area contributed by atoms with E-state index in [0.29, 0.717) is 6.61 Å². The Labute approximate surface area is 101 Å². The van der Waals surface area contributed by atoms with Crippen molar-refractivity contribution in [1.29, 1.82) is 0 Å². The summed E-state index contributed by atoms with van der Waals surface area (Å²) in [4.78, 5) is 0. The second-order valence-electron chi connectivity index (χ2n) is 4.62. The molecule has 0 amide bonds. The minimum Gasteiger partial charge on any atom is -0.381 e. The summed E-state index contributed by atoms with van der Waals surface area (Å²) < 4.78 is 40.5. The molecule has 0 spiro atoms. The Morgan fingerprint density at radius 2 is 1.71 bits per heavy atom. The molecule has 0 radical (unpaired) electrons. The van der Waals surface area contributed by atoms with Crippen molar-refractivity contribution in [3.05, 3.63) is 0 Å². The molecule has 1 N–H and O–H groups in total. The highest BCUT2D eigenvalue weighted by atomic mass is 19.4. The van der Waals surface area contributed by atoms with Crippen LogP contribution in [0.4, 0.5) is 13.2 Å². The molecule has 5 heteroatoms. The Morgan fingerprint density at radius 3 is 2.35 bits per heavy atom. The second-order valence-corrected chi connectivity index (χ2v) is 4.62. The van der Waals surface area contributed by atoms with Gasteiger partial charge < -0.3 is 10.1 Å². The van der Waals surface area contributed by atoms with Gasteiger partial charge in [0.2, 0.25) is 0 Å². The second kappa shape index (κ2) is 7.93. The number of halogens is 3. The highest BCUT2D eigenvalue weighted by molar-refractivity contribution is 4.80. The predicted octanol–water partition coefficient (Wildman–Crippen LogP) is 3.27. The number of ether oxygens (including phenoxy) is 1. The average Bonchev–Trinajstić information content (AvgIpc) is 3.03. The fraction of sp³-hybridized carbons (Fsp3) is 1.00. The monoisotopic (exact) mass is 253 g/mol. The fourth-order valence-corrected chi connectivity index (χ4v) is 1.58. The third kappa shape index (κ3) is 10.6. The van der Waals surface area contributed by atoms with Crippen molar-refractivity contribution in [1.82, 2.24) is 5.32 Å². The van der Waals surface area contributed by atoms with Crippen LogP contribution >= 0.6 is 0 Å². The van der Waals surface area contributed by atoms with Crippen molar-refractivity contribution < 1.29 is 17.9 Å². The SMILES string of the molecule is FC(F)(F)CCCOCCCCCNC1CC1. The number of nitrogens with one attached hydrogen (secondary N) is 1. The molecule has 1 aliphatic rings. The Morgan fingerprint density at radius 1 is 1.00 bits per heavy atom. The van der Waals surface area contributed by atoms with Gasteiger partial charge in [0, 0.05) is 25.7 Å². The van der Waals surface area contributed by atoms with Crippen LogP contribution in [-0.2, 0) is 4.74 Å². The summed E-state index contributed by atoms with van der Waals surface area (Å²) in [5.74, 6) is 0. The summed E-state index contributed by atoms with van der Waals surface area (Å²) >= 11 is 0. The molecule has 0 unspecified atom stereocenters. The van der Waals surface area contributed by atoms with Crippen LogP contribution in [0, 0.1) is 0 Å². The molecule has 0 aromatic rings. The quantitative estimate of drug-likeness (QED) is 0.603. The maximum absolute atomic E-state index is 11.8. The third-order valence-corrected chi connectivity index (χ3v) is 2.72. The number of hydrogen-bond donors (Lipinski definition) is 1. The molecular formula is C12H22F3NO. The van der Waals surface area contributed by atoms with Gasteiger partial charge in [-0.1, -0.05) is 0 Å². The summed E-state index contributed by atoms with van der Waals surface area (Å²) in [5, 5.41) is 3.42. The molecule has 1 aliphatic carbocycles. The van der Waals surface area contributed by atoms with E-state index in [1.165, 1.54) is 12.8 Å². The smallest absolute Gasteiger partial charge is 0.381 e. The van der Waals surface area contributed by atoms with Gasteiger partial charge in [0.25, 0.3) is 0 Å². The zero-order valence-electron chi connectivity index (χ0n) is 10.2. The number of alkyl halides is 3. The third-order valence-electron chi connectivity index (χ3n) is 2.72. The first kappa shape index (κ1) is 14.8. The summed E-state index contributed by atoms with van der Waals surface area (Å²) in [5.41, 5.74) is 0. The molecule has 0 aromatic heterocycles. The zero-order chi connectivity index (χ0) is 12.6. The Kier molecular flexibility index (Phi) is 6.89. The van der Waals surface area contributed by atoms with E-state index < -0.39 is 12.6 Å². The lowest BCUT2D eigenvalue weighted by molar-refractivity contribution is -0.137. The van der Waals surface area contributed by atoms with Crippen LogP contribution < -0.4 is 5.32 Å². The van der Waals surface area contributed by atoms with Crippen LogP contribution in [0.15, 0.2) is 0 Å². The van der Waals surface area contributed by atoms with E-state index in [2.05, 4.69) is 5.32 Å². The first-order chi connectivity index (χ1) is 8.08. The molecule has 0 aromatic carbocycles. The van der Waals surface area contributed by atoms with Gasteiger partial charge in [-0.15, -0.1) is 0 Å². The fourth-order valence-electron chi connectivity index (χ4n) is 1.58. The van der Waals surface area contributed by atoms with E-state index in [-0.39, 0.29) is 13.0 Å². The van der Waals surface area contributed by atoms with Gasteiger partial charge >= 0.3 is 6.18 Å². The van der Waals surface area contributed by atoms with Crippen molar-refractivity contribution >= 4 is 0 Å². The molecular weight excluding hydrogens is 231 g/mol. The minimum absolute atomic E-state index is 0.0761. The maximum atomic E-state index is 11.8. The molecule has 0 heterocycles. The summed E-state index contributed by atoms with van der Waals surface area (Å²) in [6, 6.07) is 0.758. The van der Waals surface area contributed by atoms with Gasteiger partial charge in [-0.2, -0.15) is 13.2 Å². The summed E-state index contributed by atoms with van der Waals surface area (Å²) in [7, 11) is 0. The lowest BCUT2D eigenvalue weighted by Gasteiger charge is -2.07. The lowest BCUT2D eigenvalue weighted by atomic mass is 10.2. The van der Waals surface area contributed by atoms with E-state index in [1.54, 1.807) is 0 Å². The zero-order valence-corrected chi connectivity index (χ0v) is 10.2. The molecule has 0 aliphatic heterocycles. The summed E-state index contributed by atoms with van der Waals surface area (Å²) in [6.07, 6.45) is 1.06. The molecule has 102 valence electrons. The van der Waals surface area contributed by atoms with E-state index in [1.807, 2.05) is 0 Å². The number of rotatable bonds is 10. The van der Waals surface area contributed by atoms with Crippen molar-refractivity contribution in [2.24, 2.45) is 0 Å². The molecule has 0 saturated heterocycles. The molecule has 0 atom stereocenters. The average molecular weight is 253 g/mol. The molecule has 1 saturated carbocycles. The molecule has 1 fully saturated rings. The van der Waals surface area contributed by atoms with Gasteiger partial charge in [0.1, 0.15) is 0 Å². The number of unbranched alkanes of at least 4 members (excludes halogenated alkanes) is 2. The number of hydrogen-bond acceptors (Lipinski definition) is 2. The van der Waals surface area contributed by atoms with Crippen LogP contribution in [0.3, 0.4) is 0 Å². The Bertz CT molecular complexity index is 193. The first-order valence-electron chi connectivity index (χ1n) is 6.46. The Balaban J connectivity index is 1.69. The van der Waals surface area contributed by atoms with Crippen LogP contribution in [0.1, 0.15) is 44.9 Å². The molecule has 17 heavy (non-hydrogen) atoms. The predicted molar refractivity (Wildman–Crippen MR) is 61.0 cm³/mol. The van der Waals surface area contributed by atoms with Crippen molar-refractivity contribution in [2.45, 2.75) is 57.2 Å². The largest absolute Gasteiger partial charge is 0.389 e. The van der Waals surface area contributed by atoms with E-state index >= 15 is 0 Å². The molecule has 2 nitrogen and oxygen atoms in total. The minimum atomic E-state index is -4.04. The van der Waals surface area contributed by atoms with Gasteiger partial charge in [-0.25, -0.2) is 0 Å². The van der Waals surface area contributed by atoms with E-state index in [9.17, 15) is 13.2 Å². The van der Waals surface area contributed by atoms with Gasteiger partial charge in [0.05, 0.1) is 0 Å². The van der Waals surface area contributed by atoms with Crippen LogP contribution in [0.2, 0.25) is 0 Å². The van der Waals surface area contributed by atoms with Gasteiger partial charge in [0.15, 0.2) is 0 Å². The highest BCUT2D eigenvalue weighted by Gasteiger charge is 2.25. The van der Waals surface area contributed by atoms with Crippen molar-refractivity contribution in [3.8, 4) is 0 Å². The summed E-state index contributed by atoms with van der Waals surface area (Å²) in [6.45, 7) is 1.86. The van der Waals surface area contributed by atoms with Gasteiger partial charge in [-0.05, 0) is 45.1 Å². The Hall–Kier alpha value is -0.290. The van der Waals surface area contributed by atoms with Gasteiger partial charge in [-0.3, -0.25) is 0 Å². The normalized spacial score (nSPS) is 16.4. The lowest BCUT2D eigenvalue weighted by Crippen LogP contribution is -2.17. The maximum Gasteiger partial charge on any atom is 0.389 e. The standard InChI is InChI=1S/C12H22F3NO/c13-12(14,15)7-4-10-17-9-3-1-2-8-16-11-5-6-11/h11,16H,1-10H2. The van der Waals surface area contributed by atoms with E-state index in [0.717, 1.165) is 31.8 Å². The molecule has 0 bridgehead atoms. The van der Waals surface area contributed by atoms with Crippen LogP contribution in [0.5, 0.6) is 0 Å². The first-order valence-corrected chi connectivity index (χ1v) is 6.46. The van der Waals surface area contributed by atoms with Crippen molar-refractivity contribution in [2.75, 3.05) is 19.8 Å². The van der Waals surface area contributed by atoms with E-state index in [4.69, 9.17) is 4.74 Å².